The Balaban J connectivity index is 1.54. The van der Waals surface area contributed by atoms with Crippen LogP contribution < -0.4 is 0 Å². The zero-order valence-electron chi connectivity index (χ0n) is 15.5. The lowest BCUT2D eigenvalue weighted by molar-refractivity contribution is -0.137. The molecule has 0 aliphatic rings. The molecule has 7 heteroatoms. The number of hydrogen-bond acceptors (Lipinski definition) is 3. The number of H-pyrrole nitrogens is 1. The Morgan fingerprint density at radius 2 is 1.73 bits per heavy atom. The molecule has 0 saturated heterocycles. The van der Waals surface area contributed by atoms with Crippen LogP contribution in [-0.4, -0.2) is 16.0 Å². The number of rotatable bonds is 5. The highest BCUT2D eigenvalue weighted by atomic mass is 19.4. The lowest BCUT2D eigenvalue weighted by atomic mass is 10.1. The maximum absolute atomic E-state index is 12.9. The number of benzene rings is 2. The fraction of sp³-hybridized carbons (Fsp3) is 0.0435. The number of carbonyl (C=O) groups excluding carboxylic acids is 1. The number of aromatic amines is 1. The maximum Gasteiger partial charge on any atom is 0.416 e. The zero-order chi connectivity index (χ0) is 21.1. The van der Waals surface area contributed by atoms with Crippen molar-refractivity contribution >= 4 is 11.9 Å². The van der Waals surface area contributed by atoms with Gasteiger partial charge in [0.1, 0.15) is 5.76 Å². The van der Waals surface area contributed by atoms with E-state index in [1.807, 2.05) is 30.3 Å². The summed E-state index contributed by atoms with van der Waals surface area (Å²) in [4.78, 5) is 12.5. The number of carbonyl (C=O) groups is 1. The summed E-state index contributed by atoms with van der Waals surface area (Å²) < 4.78 is 44.2. The van der Waals surface area contributed by atoms with Crippen LogP contribution in [-0.2, 0) is 6.18 Å². The van der Waals surface area contributed by atoms with Crippen molar-refractivity contribution in [2.45, 2.75) is 6.18 Å². The third-order valence-electron chi connectivity index (χ3n) is 4.47. The minimum atomic E-state index is -4.45. The predicted molar refractivity (Wildman–Crippen MR) is 107 cm³/mol. The van der Waals surface area contributed by atoms with Crippen LogP contribution in [0.4, 0.5) is 13.2 Å². The van der Waals surface area contributed by atoms with Gasteiger partial charge in [-0.05, 0) is 36.4 Å². The van der Waals surface area contributed by atoms with Gasteiger partial charge in [-0.1, -0.05) is 42.5 Å². The molecule has 1 N–H and O–H groups in total. The third kappa shape index (κ3) is 4.10. The average molecular weight is 408 g/mol. The van der Waals surface area contributed by atoms with Crippen molar-refractivity contribution in [1.29, 1.82) is 0 Å². The van der Waals surface area contributed by atoms with Crippen LogP contribution in [0.5, 0.6) is 0 Å². The highest BCUT2D eigenvalue weighted by molar-refractivity contribution is 6.05. The molecule has 0 bridgehead atoms. The summed E-state index contributed by atoms with van der Waals surface area (Å²) in [6, 6.07) is 17.2. The molecule has 2 heterocycles. The Labute approximate surface area is 169 Å². The van der Waals surface area contributed by atoms with E-state index in [0.717, 1.165) is 29.0 Å². The lowest BCUT2D eigenvalue weighted by Crippen LogP contribution is -2.04. The first-order valence-corrected chi connectivity index (χ1v) is 9.00. The number of alkyl halides is 3. The van der Waals surface area contributed by atoms with Crippen LogP contribution >= 0.6 is 0 Å². The molecule has 2 aromatic heterocycles. The van der Waals surface area contributed by atoms with Gasteiger partial charge in [-0.2, -0.15) is 18.3 Å². The molecule has 30 heavy (non-hydrogen) atoms. The molecule has 0 atom stereocenters. The largest absolute Gasteiger partial charge is 0.453 e. The second kappa shape index (κ2) is 7.87. The molecule has 4 rings (SSSR count). The van der Waals surface area contributed by atoms with Gasteiger partial charge in [0.2, 0.25) is 5.78 Å². The van der Waals surface area contributed by atoms with E-state index in [4.69, 9.17) is 4.42 Å². The molecule has 0 fully saturated rings. The first-order chi connectivity index (χ1) is 14.4. The number of nitrogens with one attached hydrogen (secondary N) is 1. The summed E-state index contributed by atoms with van der Waals surface area (Å²) in [5.74, 6) is -0.192. The second-order valence-corrected chi connectivity index (χ2v) is 6.51. The summed E-state index contributed by atoms with van der Waals surface area (Å²) in [7, 11) is 0. The minimum Gasteiger partial charge on any atom is -0.453 e. The van der Waals surface area contributed by atoms with E-state index < -0.39 is 17.5 Å². The van der Waals surface area contributed by atoms with Gasteiger partial charge in [-0.3, -0.25) is 9.89 Å². The van der Waals surface area contributed by atoms with Crippen molar-refractivity contribution < 1.29 is 22.4 Å². The molecule has 0 unspecified atom stereocenters. The first-order valence-electron chi connectivity index (χ1n) is 9.00. The maximum atomic E-state index is 12.9. The van der Waals surface area contributed by atoms with Gasteiger partial charge in [-0.15, -0.1) is 0 Å². The Hall–Kier alpha value is -3.87. The number of allylic oxidation sites excluding steroid dienone is 1. The van der Waals surface area contributed by atoms with Crippen LogP contribution in [0.1, 0.15) is 21.7 Å². The summed E-state index contributed by atoms with van der Waals surface area (Å²) in [5, 5.41) is 6.92. The third-order valence-corrected chi connectivity index (χ3v) is 4.47. The molecule has 4 nitrogen and oxygen atoms in total. The number of halogens is 3. The smallest absolute Gasteiger partial charge is 0.416 e. The van der Waals surface area contributed by atoms with Gasteiger partial charge in [0, 0.05) is 16.7 Å². The van der Waals surface area contributed by atoms with Crippen LogP contribution in [0.3, 0.4) is 0 Å². The minimum absolute atomic E-state index is 0.0309. The Bertz CT molecular complexity index is 1200. The molecule has 150 valence electrons. The van der Waals surface area contributed by atoms with E-state index in [-0.39, 0.29) is 17.1 Å². The van der Waals surface area contributed by atoms with Gasteiger partial charge in [0.15, 0.2) is 5.76 Å². The van der Waals surface area contributed by atoms with E-state index in [1.165, 1.54) is 30.3 Å². The molecule has 2 aromatic carbocycles. The summed E-state index contributed by atoms with van der Waals surface area (Å²) in [5.41, 5.74) is 1.88. The van der Waals surface area contributed by atoms with Crippen LogP contribution in [0.15, 0.2) is 83.4 Å². The number of nitrogens with zero attached hydrogens (tertiary/aromatic N) is 1. The van der Waals surface area contributed by atoms with E-state index in [1.54, 1.807) is 12.3 Å². The van der Waals surface area contributed by atoms with Gasteiger partial charge >= 0.3 is 6.18 Å². The van der Waals surface area contributed by atoms with E-state index in [9.17, 15) is 18.0 Å². The first kappa shape index (κ1) is 19.4. The van der Waals surface area contributed by atoms with Crippen molar-refractivity contribution in [3.05, 3.63) is 95.9 Å². The summed E-state index contributed by atoms with van der Waals surface area (Å²) >= 11 is 0. The Morgan fingerprint density at radius 1 is 0.967 bits per heavy atom. The molecule has 0 aliphatic heterocycles. The van der Waals surface area contributed by atoms with Crippen molar-refractivity contribution in [3.63, 3.8) is 0 Å². The molecular formula is C23H15F3N2O2. The zero-order valence-corrected chi connectivity index (χ0v) is 15.5. The van der Waals surface area contributed by atoms with Crippen LogP contribution in [0.25, 0.3) is 28.7 Å². The van der Waals surface area contributed by atoms with Crippen molar-refractivity contribution in [2.75, 3.05) is 0 Å². The highest BCUT2D eigenvalue weighted by Gasteiger charge is 2.30. The SMILES string of the molecule is O=C(C=Cc1cn[nH]c1-c1ccccc1)c1ccc(-c2cccc(C(F)(F)F)c2)o1. The lowest BCUT2D eigenvalue weighted by Gasteiger charge is -2.07. The number of furan rings is 1. The highest BCUT2D eigenvalue weighted by Crippen LogP contribution is 2.32. The standard InChI is InChI=1S/C23H15F3N2O2/c24-23(25,26)18-8-4-7-16(13-18)20-11-12-21(30-20)19(29)10-9-17-14-27-28-22(17)15-5-2-1-3-6-15/h1-14H,(H,27,28). The van der Waals surface area contributed by atoms with Gasteiger partial charge < -0.3 is 4.42 Å². The Morgan fingerprint density at radius 3 is 2.50 bits per heavy atom. The number of aromatic nitrogens is 2. The van der Waals surface area contributed by atoms with Gasteiger partial charge in [0.05, 0.1) is 17.5 Å². The summed E-state index contributed by atoms with van der Waals surface area (Å²) in [6.45, 7) is 0. The second-order valence-electron chi connectivity index (χ2n) is 6.51. The van der Waals surface area contributed by atoms with E-state index in [0.29, 0.717) is 0 Å². The number of ketones is 1. The quantitative estimate of drug-likeness (QED) is 0.314. The van der Waals surface area contributed by atoms with Crippen LogP contribution in [0.2, 0.25) is 0 Å². The van der Waals surface area contributed by atoms with E-state index in [2.05, 4.69) is 10.2 Å². The molecule has 0 aliphatic carbocycles. The van der Waals surface area contributed by atoms with Gasteiger partial charge in [0.25, 0.3) is 0 Å². The van der Waals surface area contributed by atoms with Crippen molar-refractivity contribution in [3.8, 4) is 22.6 Å². The van der Waals surface area contributed by atoms with Crippen molar-refractivity contribution in [2.24, 2.45) is 0 Å². The monoisotopic (exact) mass is 408 g/mol. The molecule has 4 aromatic rings. The topological polar surface area (TPSA) is 58.9 Å². The molecular weight excluding hydrogens is 393 g/mol. The molecule has 0 radical (unpaired) electrons. The van der Waals surface area contributed by atoms with Crippen molar-refractivity contribution in [1.82, 2.24) is 10.2 Å². The average Bonchev–Trinajstić information content (AvgIpc) is 3.42. The predicted octanol–water partition coefficient (Wildman–Crippen LogP) is 6.25. The van der Waals surface area contributed by atoms with Crippen LogP contribution in [0, 0.1) is 0 Å². The van der Waals surface area contributed by atoms with E-state index >= 15 is 0 Å². The molecule has 0 spiro atoms. The normalized spacial score (nSPS) is 11.8. The summed E-state index contributed by atoms with van der Waals surface area (Å²) in [6.07, 6.45) is 0.0973. The Kier molecular flexibility index (Phi) is 5.10. The number of hydrogen-bond donors (Lipinski definition) is 1. The fourth-order valence-electron chi connectivity index (χ4n) is 2.98. The molecule has 0 amide bonds. The fourth-order valence-corrected chi connectivity index (χ4v) is 2.98. The van der Waals surface area contributed by atoms with Gasteiger partial charge in [-0.25, -0.2) is 0 Å². The molecule has 0 saturated carbocycles.